The van der Waals surface area contributed by atoms with Crippen molar-refractivity contribution in [2.24, 2.45) is 11.8 Å². The molecule has 0 spiro atoms. The van der Waals surface area contributed by atoms with Crippen LogP contribution in [0.1, 0.15) is 32.3 Å². The largest absolute Gasteiger partial charge is 0.342 e. The summed E-state index contributed by atoms with van der Waals surface area (Å²) in [6.45, 7) is 4.95. The summed E-state index contributed by atoms with van der Waals surface area (Å²) in [4.78, 5) is 26.6. The zero-order valence-electron chi connectivity index (χ0n) is 14.4. The zero-order valence-corrected chi connectivity index (χ0v) is 14.4. The molecule has 2 atom stereocenters. The summed E-state index contributed by atoms with van der Waals surface area (Å²) in [6.07, 6.45) is 1.94. The van der Waals surface area contributed by atoms with Crippen LogP contribution in [-0.4, -0.2) is 35.8 Å². The number of rotatable bonds is 5. The molecule has 0 bridgehead atoms. The van der Waals surface area contributed by atoms with Crippen molar-refractivity contribution in [3.8, 4) is 6.07 Å². The second kappa shape index (κ2) is 8.49. The Balaban J connectivity index is 1.92. The van der Waals surface area contributed by atoms with Crippen LogP contribution < -0.4 is 5.32 Å². The lowest BCUT2D eigenvalue weighted by molar-refractivity contribution is -0.135. The van der Waals surface area contributed by atoms with E-state index in [1.165, 1.54) is 0 Å². The van der Waals surface area contributed by atoms with E-state index >= 15 is 0 Å². The summed E-state index contributed by atoms with van der Waals surface area (Å²) < 4.78 is 0. The molecule has 1 N–H and O–H groups in total. The molecule has 24 heavy (non-hydrogen) atoms. The van der Waals surface area contributed by atoms with E-state index in [2.05, 4.69) is 11.4 Å². The average molecular weight is 327 g/mol. The Kier molecular flexibility index (Phi) is 6.36. The lowest BCUT2D eigenvalue weighted by Crippen LogP contribution is -2.48. The van der Waals surface area contributed by atoms with E-state index in [0.29, 0.717) is 19.5 Å². The number of hydrogen-bond acceptors (Lipinski definition) is 3. The number of benzene rings is 1. The lowest BCUT2D eigenvalue weighted by atomic mass is 9.95. The number of carbonyl (C=O) groups excluding carboxylic acids is 2. The fourth-order valence-corrected chi connectivity index (χ4v) is 2.92. The molecule has 1 aromatic rings. The fraction of sp³-hybridized carbons (Fsp3) is 0.526. The number of nitrogens with one attached hydrogen (secondary N) is 1. The van der Waals surface area contributed by atoms with Crippen LogP contribution in [0.15, 0.2) is 30.3 Å². The van der Waals surface area contributed by atoms with E-state index in [0.717, 1.165) is 18.4 Å². The number of carbonyl (C=O) groups is 2. The summed E-state index contributed by atoms with van der Waals surface area (Å²) in [7, 11) is 0. The van der Waals surface area contributed by atoms with E-state index < -0.39 is 6.04 Å². The first-order valence-corrected chi connectivity index (χ1v) is 8.53. The van der Waals surface area contributed by atoms with Crippen LogP contribution in [0, 0.1) is 23.2 Å². The molecule has 5 nitrogen and oxygen atoms in total. The summed E-state index contributed by atoms with van der Waals surface area (Å²) in [5, 5.41) is 11.9. The number of amides is 2. The lowest BCUT2D eigenvalue weighted by Gasteiger charge is -2.32. The van der Waals surface area contributed by atoms with Crippen LogP contribution in [0.2, 0.25) is 0 Å². The zero-order chi connectivity index (χ0) is 17.5. The first-order valence-electron chi connectivity index (χ1n) is 8.53. The smallest absolute Gasteiger partial charge is 0.227 e. The monoisotopic (exact) mass is 327 g/mol. The van der Waals surface area contributed by atoms with Crippen molar-refractivity contribution in [1.29, 1.82) is 5.26 Å². The molecule has 1 fully saturated rings. The SMILES string of the molecule is CC(C)[C@@H](C#N)NC(=O)[C@@H]1CCCN(C(=O)Cc2ccccc2)C1. The van der Waals surface area contributed by atoms with Gasteiger partial charge >= 0.3 is 0 Å². The van der Waals surface area contributed by atoms with Crippen LogP contribution in [0.3, 0.4) is 0 Å². The quantitative estimate of drug-likeness (QED) is 0.900. The van der Waals surface area contributed by atoms with Gasteiger partial charge in [-0.25, -0.2) is 0 Å². The second-order valence-electron chi connectivity index (χ2n) is 6.70. The maximum Gasteiger partial charge on any atom is 0.227 e. The van der Waals surface area contributed by atoms with Gasteiger partial charge in [-0.15, -0.1) is 0 Å². The summed E-state index contributed by atoms with van der Waals surface area (Å²) in [5.74, 6) is -0.224. The third-order valence-corrected chi connectivity index (χ3v) is 4.45. The molecule has 5 heteroatoms. The van der Waals surface area contributed by atoms with E-state index in [1.807, 2.05) is 44.2 Å². The molecule has 128 valence electrons. The average Bonchev–Trinajstić information content (AvgIpc) is 2.60. The molecule has 2 rings (SSSR count). The maximum absolute atomic E-state index is 12.5. The minimum Gasteiger partial charge on any atom is -0.342 e. The Morgan fingerprint density at radius 3 is 2.67 bits per heavy atom. The molecule has 1 saturated heterocycles. The minimum absolute atomic E-state index is 0.0550. The molecule has 2 amide bonds. The molecule has 0 saturated carbocycles. The molecule has 1 aliphatic heterocycles. The van der Waals surface area contributed by atoms with E-state index in [1.54, 1.807) is 4.90 Å². The third kappa shape index (κ3) is 4.82. The van der Waals surface area contributed by atoms with E-state index in [-0.39, 0.29) is 23.7 Å². The van der Waals surface area contributed by atoms with Crippen molar-refractivity contribution in [3.05, 3.63) is 35.9 Å². The van der Waals surface area contributed by atoms with Gasteiger partial charge in [0.05, 0.1) is 18.4 Å². The van der Waals surface area contributed by atoms with Gasteiger partial charge in [-0.3, -0.25) is 9.59 Å². The van der Waals surface area contributed by atoms with Gasteiger partial charge in [0.2, 0.25) is 11.8 Å². The van der Waals surface area contributed by atoms with E-state index in [9.17, 15) is 9.59 Å². The van der Waals surface area contributed by atoms with Crippen LogP contribution in [0.25, 0.3) is 0 Å². The highest BCUT2D eigenvalue weighted by atomic mass is 16.2. The molecular formula is C19H25N3O2. The Hall–Kier alpha value is -2.35. The highest BCUT2D eigenvalue weighted by Gasteiger charge is 2.29. The molecule has 0 aliphatic carbocycles. The number of piperidine rings is 1. The minimum atomic E-state index is -0.479. The van der Waals surface area contributed by atoms with Crippen molar-refractivity contribution in [1.82, 2.24) is 10.2 Å². The maximum atomic E-state index is 12.5. The van der Waals surface area contributed by atoms with Crippen LogP contribution >= 0.6 is 0 Å². The van der Waals surface area contributed by atoms with Gasteiger partial charge in [0.15, 0.2) is 0 Å². The molecule has 0 aromatic heterocycles. The van der Waals surface area contributed by atoms with Crippen molar-refractivity contribution >= 4 is 11.8 Å². The van der Waals surface area contributed by atoms with Gasteiger partial charge in [0.25, 0.3) is 0 Å². The Morgan fingerprint density at radius 2 is 2.04 bits per heavy atom. The number of nitrogens with zero attached hydrogens (tertiary/aromatic N) is 2. The van der Waals surface area contributed by atoms with Gasteiger partial charge in [-0.1, -0.05) is 44.2 Å². The molecule has 0 radical (unpaired) electrons. The van der Waals surface area contributed by atoms with Crippen molar-refractivity contribution in [2.75, 3.05) is 13.1 Å². The van der Waals surface area contributed by atoms with Crippen molar-refractivity contribution in [3.63, 3.8) is 0 Å². The van der Waals surface area contributed by atoms with Gasteiger partial charge in [-0.2, -0.15) is 5.26 Å². The third-order valence-electron chi connectivity index (χ3n) is 4.45. The summed E-state index contributed by atoms with van der Waals surface area (Å²) in [6, 6.07) is 11.3. The van der Waals surface area contributed by atoms with E-state index in [4.69, 9.17) is 5.26 Å². The highest BCUT2D eigenvalue weighted by molar-refractivity contribution is 5.82. The van der Waals surface area contributed by atoms with Crippen LogP contribution in [0.4, 0.5) is 0 Å². The van der Waals surface area contributed by atoms with Crippen molar-refractivity contribution in [2.45, 2.75) is 39.2 Å². The molecule has 1 aromatic carbocycles. The number of likely N-dealkylation sites (tertiary alicyclic amines) is 1. The highest BCUT2D eigenvalue weighted by Crippen LogP contribution is 2.18. The Labute approximate surface area is 143 Å². The Bertz CT molecular complexity index is 607. The summed E-state index contributed by atoms with van der Waals surface area (Å²) >= 11 is 0. The van der Waals surface area contributed by atoms with Gasteiger partial charge in [0, 0.05) is 13.1 Å². The van der Waals surface area contributed by atoms with Gasteiger partial charge in [0.1, 0.15) is 6.04 Å². The second-order valence-corrected chi connectivity index (χ2v) is 6.70. The molecule has 0 unspecified atom stereocenters. The first kappa shape index (κ1) is 18.0. The van der Waals surface area contributed by atoms with Crippen molar-refractivity contribution < 1.29 is 9.59 Å². The molecular weight excluding hydrogens is 302 g/mol. The van der Waals surface area contributed by atoms with Gasteiger partial charge < -0.3 is 10.2 Å². The molecule has 1 aliphatic rings. The summed E-state index contributed by atoms with van der Waals surface area (Å²) in [5.41, 5.74) is 0.985. The van der Waals surface area contributed by atoms with Crippen LogP contribution in [0.5, 0.6) is 0 Å². The number of hydrogen-bond donors (Lipinski definition) is 1. The number of nitriles is 1. The predicted molar refractivity (Wildman–Crippen MR) is 91.8 cm³/mol. The predicted octanol–water partition coefficient (Wildman–Crippen LogP) is 2.13. The van der Waals surface area contributed by atoms with Gasteiger partial charge in [-0.05, 0) is 24.3 Å². The first-order chi connectivity index (χ1) is 11.5. The normalized spacial score (nSPS) is 18.8. The topological polar surface area (TPSA) is 73.2 Å². The molecule has 1 heterocycles. The Morgan fingerprint density at radius 1 is 1.33 bits per heavy atom. The van der Waals surface area contributed by atoms with Crippen LogP contribution in [-0.2, 0) is 16.0 Å². The standard InChI is InChI=1S/C19H25N3O2/c1-14(2)17(12-20)21-19(24)16-9-6-10-22(13-16)18(23)11-15-7-4-3-5-8-15/h3-5,7-8,14,16-17H,6,9-11,13H2,1-2H3,(H,21,24)/t16-,17-/m1/s1. The fourth-order valence-electron chi connectivity index (χ4n) is 2.92.